The van der Waals surface area contributed by atoms with E-state index in [0.29, 0.717) is 19.0 Å². The Morgan fingerprint density at radius 2 is 1.96 bits per heavy atom. The van der Waals surface area contributed by atoms with Crippen molar-refractivity contribution in [2.24, 2.45) is 0 Å². The second kappa shape index (κ2) is 7.09. The highest BCUT2D eigenvalue weighted by molar-refractivity contribution is 5.94. The first kappa shape index (κ1) is 17.2. The number of carbonyl (C=O) groups excluding carboxylic acids is 1. The lowest BCUT2D eigenvalue weighted by atomic mass is 10.1. The Balaban J connectivity index is 1.61. The Hall–Kier alpha value is -2.63. The molecule has 3 rings (SSSR count). The number of ether oxygens (including phenoxy) is 1. The van der Waals surface area contributed by atoms with E-state index >= 15 is 0 Å². The number of hydrogen-bond acceptors (Lipinski definition) is 5. The highest BCUT2D eigenvalue weighted by Crippen LogP contribution is 2.20. The molecule has 1 unspecified atom stereocenters. The van der Waals surface area contributed by atoms with Gasteiger partial charge in [-0.1, -0.05) is 6.07 Å². The van der Waals surface area contributed by atoms with Crippen molar-refractivity contribution in [1.82, 2.24) is 15.1 Å². The van der Waals surface area contributed by atoms with E-state index in [1.54, 1.807) is 0 Å². The summed E-state index contributed by atoms with van der Waals surface area (Å²) in [7, 11) is 3.83. The number of aromatic nitrogens is 2. The molecule has 25 heavy (non-hydrogen) atoms. The van der Waals surface area contributed by atoms with Gasteiger partial charge in [0.2, 0.25) is 5.88 Å². The van der Waals surface area contributed by atoms with Crippen molar-refractivity contribution in [2.45, 2.75) is 26.4 Å². The van der Waals surface area contributed by atoms with Gasteiger partial charge < -0.3 is 14.5 Å². The number of likely N-dealkylation sites (tertiary alicyclic amines) is 1. The van der Waals surface area contributed by atoms with Gasteiger partial charge in [0.1, 0.15) is 6.10 Å². The zero-order chi connectivity index (χ0) is 18.0. The summed E-state index contributed by atoms with van der Waals surface area (Å²) < 4.78 is 5.88. The quantitative estimate of drug-likeness (QED) is 0.856. The predicted molar refractivity (Wildman–Crippen MR) is 97.2 cm³/mol. The molecule has 0 saturated carbocycles. The van der Waals surface area contributed by atoms with Crippen molar-refractivity contribution in [3.63, 3.8) is 0 Å². The molecule has 1 aliphatic heterocycles. The van der Waals surface area contributed by atoms with Crippen LogP contribution >= 0.6 is 0 Å². The van der Waals surface area contributed by atoms with Gasteiger partial charge in [0.15, 0.2) is 5.82 Å². The van der Waals surface area contributed by atoms with E-state index in [0.717, 1.165) is 23.4 Å². The number of amides is 1. The standard InChI is InChI=1S/C19H24N4O2/c1-13-5-6-15(11-14(13)2)19(24)23-10-9-16(12-23)25-18-8-7-17(20-21-18)22(3)4/h5-8,11,16H,9-10,12H2,1-4H3. The summed E-state index contributed by atoms with van der Waals surface area (Å²) >= 11 is 0. The minimum absolute atomic E-state index is 0.0463. The van der Waals surface area contributed by atoms with Gasteiger partial charge in [-0.25, -0.2) is 0 Å². The summed E-state index contributed by atoms with van der Waals surface area (Å²) in [5, 5.41) is 8.21. The molecule has 0 radical (unpaired) electrons. The SMILES string of the molecule is Cc1ccc(C(=O)N2CCC(Oc3ccc(N(C)C)nn3)C2)cc1C. The maximum Gasteiger partial charge on any atom is 0.253 e. The summed E-state index contributed by atoms with van der Waals surface area (Å²) in [4.78, 5) is 16.4. The largest absolute Gasteiger partial charge is 0.471 e. The monoisotopic (exact) mass is 340 g/mol. The van der Waals surface area contributed by atoms with Crippen molar-refractivity contribution in [2.75, 3.05) is 32.1 Å². The van der Waals surface area contributed by atoms with E-state index in [-0.39, 0.29) is 12.0 Å². The van der Waals surface area contributed by atoms with Gasteiger partial charge in [0.25, 0.3) is 5.91 Å². The van der Waals surface area contributed by atoms with E-state index in [2.05, 4.69) is 10.2 Å². The average Bonchev–Trinajstić information content (AvgIpc) is 3.05. The van der Waals surface area contributed by atoms with E-state index in [1.165, 1.54) is 5.56 Å². The summed E-state index contributed by atoms with van der Waals surface area (Å²) in [6.45, 7) is 5.34. The highest BCUT2D eigenvalue weighted by atomic mass is 16.5. The number of benzene rings is 1. The number of aryl methyl sites for hydroxylation is 2. The van der Waals surface area contributed by atoms with Crippen molar-refractivity contribution in [3.8, 4) is 5.88 Å². The molecule has 0 N–H and O–H groups in total. The lowest BCUT2D eigenvalue weighted by Crippen LogP contribution is -2.31. The van der Waals surface area contributed by atoms with Crippen LogP contribution < -0.4 is 9.64 Å². The van der Waals surface area contributed by atoms with Crippen LogP contribution in [0.1, 0.15) is 27.9 Å². The molecule has 6 nitrogen and oxygen atoms in total. The molecule has 2 aromatic rings. The Labute approximate surface area is 148 Å². The molecule has 1 amide bonds. The molecule has 1 aromatic carbocycles. The van der Waals surface area contributed by atoms with E-state index in [9.17, 15) is 4.79 Å². The lowest BCUT2D eigenvalue weighted by molar-refractivity contribution is 0.0771. The first-order chi connectivity index (χ1) is 11.9. The number of anilines is 1. The molecule has 0 spiro atoms. The van der Waals surface area contributed by atoms with Crippen LogP contribution in [0, 0.1) is 13.8 Å². The molecule has 1 aliphatic rings. The lowest BCUT2D eigenvalue weighted by Gasteiger charge is -2.17. The first-order valence-electron chi connectivity index (χ1n) is 8.48. The predicted octanol–water partition coefficient (Wildman–Crippen LogP) is 2.45. The van der Waals surface area contributed by atoms with Crippen molar-refractivity contribution in [3.05, 3.63) is 47.0 Å². The van der Waals surface area contributed by atoms with Crippen LogP contribution in [0.4, 0.5) is 5.82 Å². The van der Waals surface area contributed by atoms with Crippen molar-refractivity contribution < 1.29 is 9.53 Å². The fourth-order valence-corrected chi connectivity index (χ4v) is 2.85. The third-order valence-electron chi connectivity index (χ3n) is 4.56. The van der Waals surface area contributed by atoms with Gasteiger partial charge in [-0.2, -0.15) is 0 Å². The Morgan fingerprint density at radius 3 is 2.60 bits per heavy atom. The number of hydrogen-bond donors (Lipinski definition) is 0. The molecule has 0 bridgehead atoms. The van der Waals surface area contributed by atoms with Crippen molar-refractivity contribution >= 4 is 11.7 Å². The maximum atomic E-state index is 12.7. The van der Waals surface area contributed by atoms with Gasteiger partial charge in [-0.05, 0) is 43.2 Å². The number of nitrogens with zero attached hydrogens (tertiary/aromatic N) is 4. The zero-order valence-electron chi connectivity index (χ0n) is 15.2. The van der Waals surface area contributed by atoms with Gasteiger partial charge in [-0.15, -0.1) is 10.2 Å². The molecule has 132 valence electrons. The summed E-state index contributed by atoms with van der Waals surface area (Å²) in [6.07, 6.45) is 0.753. The Bertz CT molecular complexity index is 759. The molecule has 1 fully saturated rings. The van der Waals surface area contributed by atoms with Crippen LogP contribution in [-0.2, 0) is 0 Å². The Morgan fingerprint density at radius 1 is 1.16 bits per heavy atom. The van der Waals surface area contributed by atoms with Gasteiger partial charge in [0, 0.05) is 38.7 Å². The third kappa shape index (κ3) is 3.90. The highest BCUT2D eigenvalue weighted by Gasteiger charge is 2.28. The third-order valence-corrected chi connectivity index (χ3v) is 4.56. The topological polar surface area (TPSA) is 58.6 Å². The summed E-state index contributed by atoms with van der Waals surface area (Å²) in [5.41, 5.74) is 3.06. The maximum absolute atomic E-state index is 12.7. The molecule has 1 aromatic heterocycles. The molecule has 1 atom stereocenters. The van der Waals surface area contributed by atoms with E-state index in [4.69, 9.17) is 4.74 Å². The van der Waals surface area contributed by atoms with Crippen LogP contribution in [0.3, 0.4) is 0 Å². The molecular formula is C19H24N4O2. The molecule has 6 heteroatoms. The minimum atomic E-state index is -0.0463. The summed E-state index contributed by atoms with van der Waals surface area (Å²) in [6, 6.07) is 9.53. The molecular weight excluding hydrogens is 316 g/mol. The Kier molecular flexibility index (Phi) is 4.88. The molecule has 1 saturated heterocycles. The van der Waals surface area contributed by atoms with Crippen LogP contribution in [0.2, 0.25) is 0 Å². The second-order valence-corrected chi connectivity index (χ2v) is 6.70. The average molecular weight is 340 g/mol. The molecule has 0 aliphatic carbocycles. The van der Waals surface area contributed by atoms with E-state index in [1.807, 2.05) is 68.1 Å². The van der Waals surface area contributed by atoms with Crippen LogP contribution in [0.15, 0.2) is 30.3 Å². The van der Waals surface area contributed by atoms with Gasteiger partial charge in [0.05, 0.1) is 6.54 Å². The number of rotatable bonds is 4. The van der Waals surface area contributed by atoms with Crippen LogP contribution in [-0.4, -0.2) is 54.3 Å². The number of carbonyl (C=O) groups is 1. The van der Waals surface area contributed by atoms with Gasteiger partial charge >= 0.3 is 0 Å². The van der Waals surface area contributed by atoms with Crippen molar-refractivity contribution in [1.29, 1.82) is 0 Å². The second-order valence-electron chi connectivity index (χ2n) is 6.70. The van der Waals surface area contributed by atoms with E-state index < -0.39 is 0 Å². The first-order valence-corrected chi connectivity index (χ1v) is 8.48. The van der Waals surface area contributed by atoms with Crippen LogP contribution in [0.5, 0.6) is 5.88 Å². The fraction of sp³-hybridized carbons (Fsp3) is 0.421. The smallest absolute Gasteiger partial charge is 0.253 e. The van der Waals surface area contributed by atoms with Gasteiger partial charge in [-0.3, -0.25) is 4.79 Å². The zero-order valence-corrected chi connectivity index (χ0v) is 15.2. The fourth-order valence-electron chi connectivity index (χ4n) is 2.85. The minimum Gasteiger partial charge on any atom is -0.471 e. The molecule has 2 heterocycles. The normalized spacial score (nSPS) is 16.8. The summed E-state index contributed by atoms with van der Waals surface area (Å²) in [5.74, 6) is 1.34. The van der Waals surface area contributed by atoms with Crippen LogP contribution in [0.25, 0.3) is 0 Å².